The highest BCUT2D eigenvalue weighted by Crippen LogP contribution is 2.27. The first-order valence-corrected chi connectivity index (χ1v) is 9.52. The van der Waals surface area contributed by atoms with Gasteiger partial charge in [0.25, 0.3) is 11.8 Å². The lowest BCUT2D eigenvalue weighted by atomic mass is 10.1. The van der Waals surface area contributed by atoms with Gasteiger partial charge in [0, 0.05) is 12.1 Å². The summed E-state index contributed by atoms with van der Waals surface area (Å²) in [6.45, 7) is 3.76. The Hall–Kier alpha value is -3.94. The number of nitrogens with zero attached hydrogens (tertiary/aromatic N) is 2. The Kier molecular flexibility index (Phi) is 6.49. The van der Waals surface area contributed by atoms with Crippen molar-refractivity contribution in [1.82, 2.24) is 4.90 Å². The van der Waals surface area contributed by atoms with Crippen LogP contribution in [-0.2, 0) is 14.3 Å². The lowest BCUT2D eigenvalue weighted by molar-refractivity contribution is -0.122. The van der Waals surface area contributed by atoms with Gasteiger partial charge in [0.05, 0.1) is 31.9 Å². The lowest BCUT2D eigenvalue weighted by Crippen LogP contribution is -2.45. The molecule has 31 heavy (non-hydrogen) atoms. The van der Waals surface area contributed by atoms with Crippen LogP contribution in [0, 0.1) is 0 Å². The van der Waals surface area contributed by atoms with Crippen LogP contribution in [0.1, 0.15) is 27.1 Å². The zero-order valence-electron chi connectivity index (χ0n) is 17.2. The van der Waals surface area contributed by atoms with Crippen LogP contribution in [0.3, 0.4) is 0 Å². The molecule has 1 unspecified atom stereocenters. The molecular formula is C23H22N2O6. The molecule has 2 aromatic carbocycles. The van der Waals surface area contributed by atoms with Gasteiger partial charge in [-0.15, -0.1) is 6.58 Å². The molecule has 0 bridgehead atoms. The van der Waals surface area contributed by atoms with Crippen molar-refractivity contribution in [3.63, 3.8) is 0 Å². The fourth-order valence-electron chi connectivity index (χ4n) is 3.41. The maximum atomic E-state index is 13.1. The predicted molar refractivity (Wildman–Crippen MR) is 113 cm³/mol. The van der Waals surface area contributed by atoms with E-state index in [1.54, 1.807) is 24.3 Å². The Morgan fingerprint density at radius 3 is 2.45 bits per heavy atom. The van der Waals surface area contributed by atoms with Crippen LogP contribution in [0.25, 0.3) is 0 Å². The molecule has 0 N–H and O–H groups in total. The molecule has 1 aliphatic heterocycles. The van der Waals surface area contributed by atoms with Gasteiger partial charge in [-0.05, 0) is 42.5 Å². The van der Waals surface area contributed by atoms with Crippen molar-refractivity contribution in [2.45, 2.75) is 12.5 Å². The van der Waals surface area contributed by atoms with Gasteiger partial charge >= 0.3 is 5.97 Å². The highest BCUT2D eigenvalue weighted by molar-refractivity contribution is 6.23. The number of rotatable bonds is 7. The fourth-order valence-corrected chi connectivity index (χ4v) is 3.41. The van der Waals surface area contributed by atoms with E-state index in [1.807, 2.05) is 0 Å². The molecule has 8 heteroatoms. The number of esters is 1. The van der Waals surface area contributed by atoms with E-state index in [-0.39, 0.29) is 13.0 Å². The number of amides is 3. The van der Waals surface area contributed by atoms with Crippen molar-refractivity contribution in [2.24, 2.45) is 0 Å². The second-order valence-electron chi connectivity index (χ2n) is 6.80. The van der Waals surface area contributed by atoms with E-state index in [0.717, 1.165) is 4.90 Å². The van der Waals surface area contributed by atoms with Crippen molar-refractivity contribution >= 4 is 29.4 Å². The Bertz CT molecular complexity index is 1030. The van der Waals surface area contributed by atoms with E-state index in [4.69, 9.17) is 4.74 Å². The summed E-state index contributed by atoms with van der Waals surface area (Å²) in [6, 6.07) is 11.5. The van der Waals surface area contributed by atoms with Crippen molar-refractivity contribution < 1.29 is 28.7 Å². The zero-order valence-corrected chi connectivity index (χ0v) is 17.2. The molecule has 160 valence electrons. The molecule has 0 spiro atoms. The number of methoxy groups -OCH3 is 2. The molecule has 0 aromatic heterocycles. The molecule has 1 heterocycles. The van der Waals surface area contributed by atoms with Gasteiger partial charge in [-0.3, -0.25) is 14.4 Å². The number of imide groups is 1. The van der Waals surface area contributed by atoms with Gasteiger partial charge in [0.1, 0.15) is 11.8 Å². The monoisotopic (exact) mass is 422 g/mol. The first-order valence-electron chi connectivity index (χ1n) is 9.52. The summed E-state index contributed by atoms with van der Waals surface area (Å²) in [4.78, 5) is 52.9. The molecule has 3 rings (SSSR count). The maximum Gasteiger partial charge on any atom is 0.337 e. The third-order valence-corrected chi connectivity index (χ3v) is 4.95. The lowest BCUT2D eigenvalue weighted by Gasteiger charge is -2.26. The minimum atomic E-state index is -0.968. The molecule has 1 saturated heterocycles. The molecule has 0 saturated carbocycles. The number of hydrogen-bond donors (Lipinski definition) is 0. The summed E-state index contributed by atoms with van der Waals surface area (Å²) in [6.07, 6.45) is 1.35. The van der Waals surface area contributed by atoms with Gasteiger partial charge in [0.2, 0.25) is 5.91 Å². The van der Waals surface area contributed by atoms with E-state index < -0.39 is 29.7 Å². The second-order valence-corrected chi connectivity index (χ2v) is 6.80. The third kappa shape index (κ3) is 4.32. The zero-order chi connectivity index (χ0) is 22.5. The first kappa shape index (κ1) is 21.8. The van der Waals surface area contributed by atoms with Gasteiger partial charge in [-0.25, -0.2) is 9.69 Å². The van der Waals surface area contributed by atoms with E-state index in [1.165, 1.54) is 49.5 Å². The maximum absolute atomic E-state index is 13.1. The van der Waals surface area contributed by atoms with E-state index >= 15 is 0 Å². The highest BCUT2D eigenvalue weighted by atomic mass is 16.5. The average Bonchev–Trinajstić information content (AvgIpc) is 3.10. The van der Waals surface area contributed by atoms with Crippen molar-refractivity contribution in [2.75, 3.05) is 25.7 Å². The van der Waals surface area contributed by atoms with Gasteiger partial charge < -0.3 is 14.4 Å². The molecular weight excluding hydrogens is 400 g/mol. The summed E-state index contributed by atoms with van der Waals surface area (Å²) < 4.78 is 9.82. The fraction of sp³-hybridized carbons (Fsp3) is 0.217. The van der Waals surface area contributed by atoms with Gasteiger partial charge in [0.15, 0.2) is 0 Å². The molecule has 8 nitrogen and oxygen atoms in total. The van der Waals surface area contributed by atoms with E-state index in [9.17, 15) is 19.2 Å². The first-order chi connectivity index (χ1) is 14.9. The smallest absolute Gasteiger partial charge is 0.337 e. The average molecular weight is 422 g/mol. The standard InChI is InChI=1S/C23H22N2O6/c1-4-12-24(21(27)16-6-5-7-18(13-16)30-2)19-14-20(26)25(22(19)28)17-10-8-15(9-11-17)23(29)31-3/h4-11,13,19H,1,12,14H2,2-3H3. The van der Waals surface area contributed by atoms with Gasteiger partial charge in [-0.2, -0.15) is 0 Å². The minimum Gasteiger partial charge on any atom is -0.497 e. The normalized spacial score (nSPS) is 15.5. The van der Waals surface area contributed by atoms with E-state index in [0.29, 0.717) is 22.6 Å². The molecule has 2 aromatic rings. The van der Waals surface area contributed by atoms with Gasteiger partial charge in [-0.1, -0.05) is 12.1 Å². The Balaban J connectivity index is 1.88. The predicted octanol–water partition coefficient (Wildman–Crippen LogP) is 2.44. The number of carbonyl (C=O) groups is 4. The van der Waals surface area contributed by atoms with Crippen LogP contribution < -0.4 is 9.64 Å². The topological polar surface area (TPSA) is 93.2 Å². The molecule has 0 radical (unpaired) electrons. The van der Waals surface area contributed by atoms with Crippen molar-refractivity contribution in [3.8, 4) is 5.75 Å². The third-order valence-electron chi connectivity index (χ3n) is 4.95. The number of ether oxygens (including phenoxy) is 2. The summed E-state index contributed by atoms with van der Waals surface area (Å²) in [5.74, 6) is -1.38. The Morgan fingerprint density at radius 1 is 1.13 bits per heavy atom. The summed E-state index contributed by atoms with van der Waals surface area (Å²) >= 11 is 0. The molecule has 1 aliphatic rings. The van der Waals surface area contributed by atoms with Crippen LogP contribution in [0.2, 0.25) is 0 Å². The van der Waals surface area contributed by atoms with Crippen LogP contribution in [0.5, 0.6) is 5.75 Å². The largest absolute Gasteiger partial charge is 0.497 e. The van der Waals surface area contributed by atoms with Crippen LogP contribution in [0.4, 0.5) is 5.69 Å². The quantitative estimate of drug-likeness (QED) is 0.387. The summed E-state index contributed by atoms with van der Waals surface area (Å²) in [5.41, 5.74) is 0.947. The van der Waals surface area contributed by atoms with Crippen molar-refractivity contribution in [3.05, 3.63) is 72.3 Å². The Morgan fingerprint density at radius 2 is 1.84 bits per heavy atom. The number of hydrogen-bond acceptors (Lipinski definition) is 6. The van der Waals surface area contributed by atoms with Crippen LogP contribution >= 0.6 is 0 Å². The van der Waals surface area contributed by atoms with Crippen molar-refractivity contribution in [1.29, 1.82) is 0 Å². The summed E-state index contributed by atoms with van der Waals surface area (Å²) in [5, 5.41) is 0. The van der Waals surface area contributed by atoms with Crippen LogP contribution in [0.15, 0.2) is 61.2 Å². The van der Waals surface area contributed by atoms with Crippen LogP contribution in [-0.4, -0.2) is 55.4 Å². The number of anilines is 1. The molecule has 1 fully saturated rings. The number of benzene rings is 2. The van der Waals surface area contributed by atoms with E-state index in [2.05, 4.69) is 11.3 Å². The summed E-state index contributed by atoms with van der Waals surface area (Å²) in [7, 11) is 2.76. The number of carbonyl (C=O) groups excluding carboxylic acids is 4. The second kappa shape index (κ2) is 9.25. The SMILES string of the molecule is C=CCN(C(=O)c1cccc(OC)c1)C1CC(=O)N(c2ccc(C(=O)OC)cc2)C1=O. The minimum absolute atomic E-state index is 0.0921. The Labute approximate surface area is 179 Å². The highest BCUT2D eigenvalue weighted by Gasteiger charge is 2.44. The molecule has 3 amide bonds. The molecule has 1 atom stereocenters. The molecule has 0 aliphatic carbocycles.